The minimum atomic E-state index is -0.194. The highest BCUT2D eigenvalue weighted by atomic mass is 32.1. The van der Waals surface area contributed by atoms with Gasteiger partial charge in [0.25, 0.3) is 5.56 Å². The standard InChI is InChI=1S/C18H14N4O2S/c1-9-6-10-11(13(23)7-9)8-19-16-15(10)17(24)22(21-16)18-20-12-4-2-3-5-14(12)25-18/h2-5,8-9H,6-7H2,1H3,(H,19,21). The summed E-state index contributed by atoms with van der Waals surface area (Å²) >= 11 is 1.44. The highest BCUT2D eigenvalue weighted by molar-refractivity contribution is 7.20. The molecule has 5 rings (SSSR count). The van der Waals surface area contributed by atoms with Crippen LogP contribution >= 0.6 is 11.3 Å². The van der Waals surface area contributed by atoms with Crippen LogP contribution in [-0.2, 0) is 6.42 Å². The summed E-state index contributed by atoms with van der Waals surface area (Å²) < 4.78 is 2.45. The zero-order valence-corrected chi connectivity index (χ0v) is 14.3. The number of aromatic nitrogens is 4. The zero-order chi connectivity index (χ0) is 17.1. The Hall–Kier alpha value is -2.80. The summed E-state index contributed by atoms with van der Waals surface area (Å²) in [7, 11) is 0. The van der Waals surface area contributed by atoms with Crippen LogP contribution in [0, 0.1) is 5.92 Å². The van der Waals surface area contributed by atoms with Crippen molar-refractivity contribution in [2.75, 3.05) is 0 Å². The lowest BCUT2D eigenvalue weighted by Gasteiger charge is -2.19. The number of H-pyrrole nitrogens is 1. The van der Waals surface area contributed by atoms with Gasteiger partial charge >= 0.3 is 0 Å². The number of carbonyl (C=O) groups is 1. The van der Waals surface area contributed by atoms with Gasteiger partial charge in [-0.25, -0.2) is 9.97 Å². The van der Waals surface area contributed by atoms with Crippen LogP contribution in [0.3, 0.4) is 0 Å². The first-order chi connectivity index (χ1) is 12.1. The Labute approximate surface area is 146 Å². The number of carbonyl (C=O) groups excluding carboxylic acids is 1. The first kappa shape index (κ1) is 14.5. The van der Waals surface area contributed by atoms with Crippen molar-refractivity contribution < 1.29 is 4.79 Å². The number of hydrogen-bond acceptors (Lipinski definition) is 5. The molecule has 0 saturated heterocycles. The van der Waals surface area contributed by atoms with Gasteiger partial charge in [0.1, 0.15) is 0 Å². The molecule has 1 N–H and O–H groups in total. The van der Waals surface area contributed by atoms with Crippen molar-refractivity contribution >= 4 is 38.4 Å². The van der Waals surface area contributed by atoms with Crippen molar-refractivity contribution in [1.29, 1.82) is 0 Å². The number of aromatic amines is 1. The third-order valence-electron chi connectivity index (χ3n) is 4.68. The van der Waals surface area contributed by atoms with E-state index in [4.69, 9.17) is 0 Å². The van der Waals surface area contributed by atoms with Crippen LogP contribution in [0.2, 0.25) is 0 Å². The van der Waals surface area contributed by atoms with Gasteiger partial charge in [-0.2, -0.15) is 4.68 Å². The largest absolute Gasteiger partial charge is 0.294 e. The number of thiazole rings is 1. The molecule has 0 amide bonds. The lowest BCUT2D eigenvalue weighted by atomic mass is 9.84. The minimum Gasteiger partial charge on any atom is -0.294 e. The van der Waals surface area contributed by atoms with Crippen LogP contribution < -0.4 is 5.56 Å². The number of ketones is 1. The molecule has 1 aliphatic carbocycles. The Kier molecular flexibility index (Phi) is 2.96. The van der Waals surface area contributed by atoms with E-state index < -0.39 is 0 Å². The topological polar surface area (TPSA) is 80.6 Å². The molecule has 0 aliphatic heterocycles. The maximum atomic E-state index is 13.0. The van der Waals surface area contributed by atoms with Crippen LogP contribution in [0.1, 0.15) is 29.3 Å². The van der Waals surface area contributed by atoms with E-state index in [1.807, 2.05) is 31.2 Å². The smallest absolute Gasteiger partial charge is 0.283 e. The molecule has 1 aromatic carbocycles. The van der Waals surface area contributed by atoms with E-state index in [-0.39, 0.29) is 17.3 Å². The fourth-order valence-electron chi connectivity index (χ4n) is 3.52. The van der Waals surface area contributed by atoms with Crippen molar-refractivity contribution in [2.24, 2.45) is 5.92 Å². The average Bonchev–Trinajstić information content (AvgIpc) is 3.15. The molecule has 124 valence electrons. The van der Waals surface area contributed by atoms with Gasteiger partial charge in [-0.05, 0) is 30.0 Å². The Morgan fingerprint density at radius 1 is 1.24 bits per heavy atom. The molecule has 3 aromatic heterocycles. The second-order valence-corrected chi connectivity index (χ2v) is 7.54. The Morgan fingerprint density at radius 2 is 2.08 bits per heavy atom. The molecule has 4 aromatic rings. The molecule has 1 unspecified atom stereocenters. The van der Waals surface area contributed by atoms with E-state index in [0.717, 1.165) is 15.8 Å². The van der Waals surface area contributed by atoms with Crippen LogP contribution in [0.5, 0.6) is 0 Å². The number of nitrogens with zero attached hydrogens (tertiary/aromatic N) is 3. The van der Waals surface area contributed by atoms with Crippen molar-refractivity contribution in [2.45, 2.75) is 19.8 Å². The lowest BCUT2D eigenvalue weighted by Crippen LogP contribution is -2.21. The fraction of sp³-hybridized carbons (Fsp3) is 0.222. The molecule has 0 saturated carbocycles. The molecule has 6 nitrogen and oxygen atoms in total. The molecule has 25 heavy (non-hydrogen) atoms. The molecular weight excluding hydrogens is 336 g/mol. The van der Waals surface area contributed by atoms with Crippen LogP contribution in [0.4, 0.5) is 0 Å². The van der Waals surface area contributed by atoms with Crippen molar-refractivity contribution in [3.05, 3.63) is 51.9 Å². The van der Waals surface area contributed by atoms with E-state index in [1.54, 1.807) is 6.20 Å². The summed E-state index contributed by atoms with van der Waals surface area (Å²) in [5, 5.41) is 4.14. The van der Waals surface area contributed by atoms with Crippen LogP contribution in [0.25, 0.3) is 26.4 Å². The predicted molar refractivity (Wildman–Crippen MR) is 96.7 cm³/mol. The van der Waals surface area contributed by atoms with E-state index in [0.29, 0.717) is 34.6 Å². The van der Waals surface area contributed by atoms with Gasteiger partial charge in [0.15, 0.2) is 11.4 Å². The number of fused-ring (bicyclic) bond motifs is 4. The maximum absolute atomic E-state index is 13.0. The zero-order valence-electron chi connectivity index (χ0n) is 13.4. The first-order valence-corrected chi connectivity index (χ1v) is 8.95. The van der Waals surface area contributed by atoms with Gasteiger partial charge in [-0.1, -0.05) is 30.4 Å². The van der Waals surface area contributed by atoms with E-state index in [9.17, 15) is 9.59 Å². The van der Waals surface area contributed by atoms with Crippen molar-refractivity contribution in [3.63, 3.8) is 0 Å². The molecule has 0 spiro atoms. The second kappa shape index (κ2) is 5.10. The van der Waals surface area contributed by atoms with Crippen molar-refractivity contribution in [1.82, 2.24) is 19.7 Å². The Morgan fingerprint density at radius 3 is 2.92 bits per heavy atom. The Balaban J connectivity index is 1.78. The van der Waals surface area contributed by atoms with Gasteiger partial charge in [0, 0.05) is 18.2 Å². The normalized spacial score (nSPS) is 17.3. The SMILES string of the molecule is CC1CC(=O)c2cnc3[nH]n(-c4nc5ccccc5s4)c(=O)c3c2C1. The van der Waals surface area contributed by atoms with Gasteiger partial charge in [0.2, 0.25) is 5.13 Å². The lowest BCUT2D eigenvalue weighted by molar-refractivity contribution is 0.0953. The maximum Gasteiger partial charge on any atom is 0.283 e. The molecule has 0 radical (unpaired) electrons. The number of hydrogen-bond donors (Lipinski definition) is 1. The highest BCUT2D eigenvalue weighted by Gasteiger charge is 2.27. The third-order valence-corrected chi connectivity index (χ3v) is 5.70. The number of pyridine rings is 1. The quantitative estimate of drug-likeness (QED) is 0.572. The molecule has 0 fully saturated rings. The van der Waals surface area contributed by atoms with E-state index >= 15 is 0 Å². The number of Topliss-reactive ketones (excluding diaryl/α,β-unsaturated/α-hetero) is 1. The molecule has 0 bridgehead atoms. The number of nitrogens with one attached hydrogen (secondary N) is 1. The van der Waals surface area contributed by atoms with Gasteiger partial charge < -0.3 is 0 Å². The monoisotopic (exact) mass is 350 g/mol. The first-order valence-electron chi connectivity index (χ1n) is 8.13. The number of rotatable bonds is 1. The molecule has 3 heterocycles. The third kappa shape index (κ3) is 2.09. The minimum absolute atomic E-state index is 0.0651. The predicted octanol–water partition coefficient (Wildman–Crippen LogP) is 3.09. The molecule has 1 atom stereocenters. The van der Waals surface area contributed by atoms with Gasteiger partial charge in [0.05, 0.1) is 15.6 Å². The molecule has 1 aliphatic rings. The molecular formula is C18H14N4O2S. The summed E-state index contributed by atoms with van der Waals surface area (Å²) in [4.78, 5) is 34.2. The van der Waals surface area contributed by atoms with E-state index in [2.05, 4.69) is 15.1 Å². The van der Waals surface area contributed by atoms with Gasteiger partial charge in [-0.3, -0.25) is 14.7 Å². The average molecular weight is 350 g/mol. The van der Waals surface area contributed by atoms with Crippen LogP contribution in [-0.4, -0.2) is 25.5 Å². The van der Waals surface area contributed by atoms with Crippen LogP contribution in [0.15, 0.2) is 35.3 Å². The van der Waals surface area contributed by atoms with E-state index in [1.165, 1.54) is 16.0 Å². The molecule has 7 heteroatoms. The summed E-state index contributed by atoms with van der Waals surface area (Å²) in [6.45, 7) is 2.03. The number of para-hydroxylation sites is 1. The Bertz CT molecular complexity index is 1180. The van der Waals surface area contributed by atoms with Crippen molar-refractivity contribution in [3.8, 4) is 5.13 Å². The number of benzene rings is 1. The second-order valence-electron chi connectivity index (χ2n) is 6.53. The summed E-state index contributed by atoms with van der Waals surface area (Å²) in [5.74, 6) is 0.297. The summed E-state index contributed by atoms with van der Waals surface area (Å²) in [6.07, 6.45) is 2.81. The van der Waals surface area contributed by atoms with Gasteiger partial charge in [-0.15, -0.1) is 0 Å². The highest BCUT2D eigenvalue weighted by Crippen LogP contribution is 2.29. The fourth-order valence-corrected chi connectivity index (χ4v) is 4.45. The summed E-state index contributed by atoms with van der Waals surface area (Å²) in [5.41, 5.74) is 2.56. The summed E-state index contributed by atoms with van der Waals surface area (Å²) in [6, 6.07) is 7.77.